The Bertz CT molecular complexity index is 923. The van der Waals surface area contributed by atoms with Crippen molar-refractivity contribution in [2.75, 3.05) is 26.9 Å². The van der Waals surface area contributed by atoms with Crippen molar-refractivity contribution < 1.29 is 28.6 Å². The van der Waals surface area contributed by atoms with E-state index in [1.165, 1.54) is 19.6 Å². The van der Waals surface area contributed by atoms with E-state index in [1.807, 2.05) is 18.2 Å². The number of hydrogen-bond acceptors (Lipinski definition) is 6. The highest BCUT2D eigenvalue weighted by Crippen LogP contribution is 2.28. The molecule has 1 heterocycles. The zero-order valence-corrected chi connectivity index (χ0v) is 16.5. The van der Waals surface area contributed by atoms with Gasteiger partial charge in [0.2, 0.25) is 0 Å². The highest BCUT2D eigenvalue weighted by atomic mass is 16.6. The molecule has 0 fully saturated rings. The van der Waals surface area contributed by atoms with Gasteiger partial charge in [-0.1, -0.05) is 24.3 Å². The summed E-state index contributed by atoms with van der Waals surface area (Å²) < 4.78 is 15.6. The van der Waals surface area contributed by atoms with Crippen molar-refractivity contribution >= 4 is 17.7 Å². The van der Waals surface area contributed by atoms with Crippen LogP contribution >= 0.6 is 0 Å². The number of Topliss-reactive ketones (excluding diaryl/α,β-unsaturated/α-hetero) is 1. The molecule has 1 amide bonds. The molecule has 2 aromatic carbocycles. The second-order valence-corrected chi connectivity index (χ2v) is 6.71. The third kappa shape index (κ3) is 5.13. The molecule has 3 rings (SSSR count). The second kappa shape index (κ2) is 9.23. The van der Waals surface area contributed by atoms with E-state index in [1.54, 1.807) is 23.1 Å². The van der Waals surface area contributed by atoms with Gasteiger partial charge in [0.25, 0.3) is 5.91 Å². The molecule has 1 aliphatic rings. The number of hydrogen-bond donors (Lipinski definition) is 0. The van der Waals surface area contributed by atoms with E-state index in [0.29, 0.717) is 30.2 Å². The van der Waals surface area contributed by atoms with Crippen molar-refractivity contribution in [3.8, 4) is 11.5 Å². The van der Waals surface area contributed by atoms with Crippen LogP contribution in [0.2, 0.25) is 0 Å². The first kappa shape index (κ1) is 20.4. The SMILES string of the molecule is COc1cc(C(C)=O)ccc1OCC(=O)OCC(=O)N1CCc2ccccc2C1. The van der Waals surface area contributed by atoms with Gasteiger partial charge in [-0.25, -0.2) is 4.79 Å². The first-order chi connectivity index (χ1) is 14.0. The van der Waals surface area contributed by atoms with Gasteiger partial charge in [0.05, 0.1) is 7.11 Å². The first-order valence-electron chi connectivity index (χ1n) is 9.30. The summed E-state index contributed by atoms with van der Waals surface area (Å²) in [6.07, 6.45) is 0.787. The Labute approximate surface area is 169 Å². The highest BCUT2D eigenvalue weighted by Gasteiger charge is 2.21. The molecule has 7 heteroatoms. The Morgan fingerprint density at radius 1 is 1.00 bits per heavy atom. The molecule has 7 nitrogen and oxygen atoms in total. The van der Waals surface area contributed by atoms with Crippen LogP contribution in [0.15, 0.2) is 42.5 Å². The monoisotopic (exact) mass is 397 g/mol. The van der Waals surface area contributed by atoms with E-state index < -0.39 is 5.97 Å². The van der Waals surface area contributed by atoms with Crippen LogP contribution < -0.4 is 9.47 Å². The average molecular weight is 397 g/mol. The standard InChI is InChI=1S/C22H23NO6/c1-15(24)17-7-8-19(20(11-17)27-2)28-14-22(26)29-13-21(25)23-10-9-16-5-3-4-6-18(16)12-23/h3-8,11H,9-10,12-14H2,1-2H3. The third-order valence-corrected chi connectivity index (χ3v) is 4.76. The van der Waals surface area contributed by atoms with Crippen LogP contribution in [0, 0.1) is 0 Å². The second-order valence-electron chi connectivity index (χ2n) is 6.71. The molecule has 0 atom stereocenters. The van der Waals surface area contributed by atoms with Crippen LogP contribution in [0.25, 0.3) is 0 Å². The Morgan fingerprint density at radius 3 is 2.48 bits per heavy atom. The Hall–Kier alpha value is -3.35. The lowest BCUT2D eigenvalue weighted by atomic mass is 10.00. The van der Waals surface area contributed by atoms with E-state index in [9.17, 15) is 14.4 Å². The number of methoxy groups -OCH3 is 1. The molecule has 0 aromatic heterocycles. The number of amides is 1. The van der Waals surface area contributed by atoms with Crippen LogP contribution in [0.3, 0.4) is 0 Å². The molecule has 1 aliphatic heterocycles. The minimum atomic E-state index is -0.659. The van der Waals surface area contributed by atoms with Crippen molar-refractivity contribution in [2.45, 2.75) is 19.9 Å². The Kier molecular flexibility index (Phi) is 6.49. The normalized spacial score (nSPS) is 12.7. The summed E-state index contributed by atoms with van der Waals surface area (Å²) in [5, 5.41) is 0. The van der Waals surface area contributed by atoms with Crippen molar-refractivity contribution in [1.29, 1.82) is 0 Å². The van der Waals surface area contributed by atoms with Gasteiger partial charge in [-0.3, -0.25) is 9.59 Å². The van der Waals surface area contributed by atoms with E-state index >= 15 is 0 Å². The summed E-state index contributed by atoms with van der Waals surface area (Å²) in [4.78, 5) is 37.4. The third-order valence-electron chi connectivity index (χ3n) is 4.76. The number of fused-ring (bicyclic) bond motifs is 1. The lowest BCUT2D eigenvalue weighted by Crippen LogP contribution is -2.38. The maximum absolute atomic E-state index is 12.3. The van der Waals surface area contributed by atoms with Crippen molar-refractivity contribution in [2.24, 2.45) is 0 Å². The fourth-order valence-corrected chi connectivity index (χ4v) is 3.13. The van der Waals surface area contributed by atoms with Crippen molar-refractivity contribution in [1.82, 2.24) is 4.90 Å². The van der Waals surface area contributed by atoms with Crippen LogP contribution in [0.1, 0.15) is 28.4 Å². The summed E-state index contributed by atoms with van der Waals surface area (Å²) in [6, 6.07) is 12.7. The van der Waals surface area contributed by atoms with Crippen LogP contribution in [0.4, 0.5) is 0 Å². The number of ketones is 1. The van der Waals surface area contributed by atoms with E-state index in [0.717, 1.165) is 12.0 Å². The summed E-state index contributed by atoms with van der Waals surface area (Å²) in [7, 11) is 1.44. The maximum Gasteiger partial charge on any atom is 0.344 e. The molecular formula is C22H23NO6. The molecule has 0 saturated carbocycles. The van der Waals surface area contributed by atoms with Gasteiger partial charge < -0.3 is 19.1 Å². The highest BCUT2D eigenvalue weighted by molar-refractivity contribution is 5.94. The lowest BCUT2D eigenvalue weighted by Gasteiger charge is -2.28. The number of rotatable bonds is 7. The maximum atomic E-state index is 12.3. The van der Waals surface area contributed by atoms with Gasteiger partial charge in [-0.2, -0.15) is 0 Å². The number of carbonyl (C=O) groups is 3. The van der Waals surface area contributed by atoms with Gasteiger partial charge in [-0.05, 0) is 42.7 Å². The van der Waals surface area contributed by atoms with Crippen molar-refractivity contribution in [3.63, 3.8) is 0 Å². The van der Waals surface area contributed by atoms with E-state index in [-0.39, 0.29) is 24.9 Å². The molecule has 0 spiro atoms. The molecule has 0 N–H and O–H groups in total. The Morgan fingerprint density at radius 2 is 1.76 bits per heavy atom. The fraction of sp³-hybridized carbons (Fsp3) is 0.318. The fourth-order valence-electron chi connectivity index (χ4n) is 3.13. The van der Waals surface area contributed by atoms with Crippen LogP contribution in [-0.4, -0.2) is 49.4 Å². The number of ether oxygens (including phenoxy) is 3. The topological polar surface area (TPSA) is 82.1 Å². The quantitative estimate of drug-likeness (QED) is 0.527. The number of esters is 1. The number of carbonyl (C=O) groups excluding carboxylic acids is 3. The first-order valence-corrected chi connectivity index (χ1v) is 9.30. The zero-order valence-electron chi connectivity index (χ0n) is 16.5. The van der Waals surface area contributed by atoms with Gasteiger partial charge in [-0.15, -0.1) is 0 Å². The van der Waals surface area contributed by atoms with Gasteiger partial charge in [0, 0.05) is 18.7 Å². The molecule has 0 aliphatic carbocycles. The molecule has 29 heavy (non-hydrogen) atoms. The zero-order chi connectivity index (χ0) is 20.8. The largest absolute Gasteiger partial charge is 0.493 e. The minimum absolute atomic E-state index is 0.104. The van der Waals surface area contributed by atoms with Gasteiger partial charge in [0.15, 0.2) is 30.5 Å². The van der Waals surface area contributed by atoms with Crippen LogP contribution in [0.5, 0.6) is 11.5 Å². The number of benzene rings is 2. The van der Waals surface area contributed by atoms with E-state index in [4.69, 9.17) is 14.2 Å². The van der Waals surface area contributed by atoms with Crippen molar-refractivity contribution in [3.05, 3.63) is 59.2 Å². The summed E-state index contributed by atoms with van der Waals surface area (Å²) in [6.45, 7) is 1.87. The van der Waals surface area contributed by atoms with Gasteiger partial charge in [0.1, 0.15) is 0 Å². The number of nitrogens with zero attached hydrogens (tertiary/aromatic N) is 1. The van der Waals surface area contributed by atoms with E-state index in [2.05, 4.69) is 6.07 Å². The molecule has 0 unspecified atom stereocenters. The predicted octanol–water partition coefficient (Wildman–Crippen LogP) is 2.40. The predicted molar refractivity (Wildman–Crippen MR) is 105 cm³/mol. The van der Waals surface area contributed by atoms with Crippen LogP contribution in [-0.2, 0) is 27.3 Å². The molecule has 0 bridgehead atoms. The lowest BCUT2D eigenvalue weighted by molar-refractivity contribution is -0.154. The summed E-state index contributed by atoms with van der Waals surface area (Å²) in [5.41, 5.74) is 2.83. The molecule has 0 radical (unpaired) electrons. The molecule has 2 aromatic rings. The molecule has 0 saturated heterocycles. The molecular weight excluding hydrogens is 374 g/mol. The smallest absolute Gasteiger partial charge is 0.344 e. The summed E-state index contributed by atoms with van der Waals surface area (Å²) >= 11 is 0. The van der Waals surface area contributed by atoms with Gasteiger partial charge >= 0.3 is 5.97 Å². The average Bonchev–Trinajstić information content (AvgIpc) is 2.75. The molecule has 152 valence electrons. The minimum Gasteiger partial charge on any atom is -0.493 e. The summed E-state index contributed by atoms with van der Waals surface area (Å²) in [5.74, 6) is -0.347. The Balaban J connectivity index is 1.48.